The van der Waals surface area contributed by atoms with E-state index in [1.807, 2.05) is 4.68 Å². The summed E-state index contributed by atoms with van der Waals surface area (Å²) in [4.78, 5) is 2.42. The molecule has 0 radical (unpaired) electrons. The first-order chi connectivity index (χ1) is 8.16. The lowest BCUT2D eigenvalue weighted by Gasteiger charge is -2.29. The number of piperidine rings is 1. The second-order valence-electron chi connectivity index (χ2n) is 5.08. The zero-order valence-electron chi connectivity index (χ0n) is 10.8. The normalized spacial score (nSPS) is 22.2. The number of aromatic nitrogens is 4. The number of hydrogen-bond donors (Lipinski definition) is 0. The Kier molecular flexibility index (Phi) is 4.39. The Morgan fingerprint density at radius 3 is 3.00 bits per heavy atom. The Morgan fingerprint density at radius 1 is 1.47 bits per heavy atom. The molecule has 5 nitrogen and oxygen atoms in total. The van der Waals surface area contributed by atoms with E-state index in [2.05, 4.69) is 41.3 Å². The number of tetrazole rings is 1. The van der Waals surface area contributed by atoms with E-state index in [1.165, 1.54) is 25.9 Å². The van der Waals surface area contributed by atoms with E-state index in [4.69, 9.17) is 0 Å². The van der Waals surface area contributed by atoms with E-state index in [0.717, 1.165) is 16.8 Å². The molecule has 1 aliphatic heterocycles. The van der Waals surface area contributed by atoms with Gasteiger partial charge in [-0.25, -0.2) is 4.68 Å². The van der Waals surface area contributed by atoms with Gasteiger partial charge >= 0.3 is 0 Å². The maximum atomic E-state index is 4.09. The molecular weight excluding hydrogens is 234 g/mol. The Hall–Kier alpha value is -0.620. The predicted octanol–water partition coefficient (Wildman–Crippen LogP) is 1.69. The molecule has 1 atom stereocenters. The second kappa shape index (κ2) is 5.82. The molecule has 2 heterocycles. The zero-order chi connectivity index (χ0) is 12.3. The van der Waals surface area contributed by atoms with E-state index >= 15 is 0 Å². The fraction of sp³-hybridized carbons (Fsp3) is 0.909. The van der Waals surface area contributed by atoms with Crippen molar-refractivity contribution in [1.82, 2.24) is 25.1 Å². The van der Waals surface area contributed by atoms with Gasteiger partial charge in [0.05, 0.1) is 6.04 Å². The zero-order valence-corrected chi connectivity index (χ0v) is 11.7. The standard InChI is InChI=1S/C11H21N5S/c1-9(2)16-11(12-13-14-16)17-8-10-5-4-6-15(3)7-10/h9-10H,4-8H2,1-3H3/t10-/m0/s1. The van der Waals surface area contributed by atoms with Gasteiger partial charge in [-0.1, -0.05) is 11.8 Å². The molecule has 17 heavy (non-hydrogen) atoms. The molecule has 96 valence electrons. The topological polar surface area (TPSA) is 46.8 Å². The van der Waals surface area contributed by atoms with Gasteiger partial charge in [0.25, 0.3) is 0 Å². The first-order valence-corrected chi connectivity index (χ1v) is 7.24. The van der Waals surface area contributed by atoms with Crippen molar-refractivity contribution in [1.29, 1.82) is 0 Å². The molecule has 0 N–H and O–H groups in total. The van der Waals surface area contributed by atoms with Crippen LogP contribution >= 0.6 is 11.8 Å². The van der Waals surface area contributed by atoms with Gasteiger partial charge in [-0.15, -0.1) is 5.10 Å². The van der Waals surface area contributed by atoms with Crippen molar-refractivity contribution in [2.24, 2.45) is 5.92 Å². The lowest BCUT2D eigenvalue weighted by atomic mass is 10.0. The van der Waals surface area contributed by atoms with Crippen molar-refractivity contribution >= 4 is 11.8 Å². The number of thioether (sulfide) groups is 1. The molecule has 0 aromatic carbocycles. The van der Waals surface area contributed by atoms with E-state index in [-0.39, 0.29) is 0 Å². The van der Waals surface area contributed by atoms with Crippen molar-refractivity contribution in [3.8, 4) is 0 Å². The summed E-state index contributed by atoms with van der Waals surface area (Å²) in [5, 5.41) is 12.8. The maximum absolute atomic E-state index is 4.09. The predicted molar refractivity (Wildman–Crippen MR) is 69.1 cm³/mol. The average Bonchev–Trinajstić information content (AvgIpc) is 2.74. The van der Waals surface area contributed by atoms with Crippen LogP contribution in [0.15, 0.2) is 5.16 Å². The van der Waals surface area contributed by atoms with Gasteiger partial charge in [-0.3, -0.25) is 0 Å². The molecule has 1 aliphatic rings. The summed E-state index contributed by atoms with van der Waals surface area (Å²) in [6.45, 7) is 6.66. The summed E-state index contributed by atoms with van der Waals surface area (Å²) in [6.07, 6.45) is 2.65. The third-order valence-electron chi connectivity index (χ3n) is 3.12. The lowest BCUT2D eigenvalue weighted by molar-refractivity contribution is 0.224. The van der Waals surface area contributed by atoms with Crippen LogP contribution in [0.3, 0.4) is 0 Å². The highest BCUT2D eigenvalue weighted by atomic mass is 32.2. The van der Waals surface area contributed by atoms with Gasteiger partial charge in [0.1, 0.15) is 0 Å². The minimum Gasteiger partial charge on any atom is -0.306 e. The highest BCUT2D eigenvalue weighted by molar-refractivity contribution is 7.99. The monoisotopic (exact) mass is 255 g/mol. The summed E-state index contributed by atoms with van der Waals surface area (Å²) >= 11 is 1.79. The Bertz CT molecular complexity index is 351. The summed E-state index contributed by atoms with van der Waals surface area (Å²) in [7, 11) is 2.20. The van der Waals surface area contributed by atoms with Gasteiger partial charge in [0.2, 0.25) is 5.16 Å². The second-order valence-corrected chi connectivity index (χ2v) is 6.07. The Balaban J connectivity index is 1.86. The van der Waals surface area contributed by atoms with E-state index in [0.29, 0.717) is 6.04 Å². The first kappa shape index (κ1) is 12.8. The maximum Gasteiger partial charge on any atom is 0.209 e. The van der Waals surface area contributed by atoms with E-state index in [9.17, 15) is 0 Å². The van der Waals surface area contributed by atoms with Crippen molar-refractivity contribution in [2.75, 3.05) is 25.9 Å². The Labute approximate surface area is 107 Å². The van der Waals surface area contributed by atoms with Gasteiger partial charge in [0, 0.05) is 12.3 Å². The minimum absolute atomic E-state index is 0.335. The third-order valence-corrected chi connectivity index (χ3v) is 4.29. The SMILES string of the molecule is CC(C)n1nnnc1SC[C@H]1CCCN(C)C1. The van der Waals surface area contributed by atoms with Crippen LogP contribution in [0.4, 0.5) is 0 Å². The molecule has 0 amide bonds. The molecule has 0 aliphatic carbocycles. The quantitative estimate of drug-likeness (QED) is 0.766. The van der Waals surface area contributed by atoms with Crippen LogP contribution in [0.25, 0.3) is 0 Å². The van der Waals surface area contributed by atoms with Crippen molar-refractivity contribution in [2.45, 2.75) is 37.9 Å². The summed E-state index contributed by atoms with van der Waals surface area (Å²) < 4.78 is 1.90. The fourth-order valence-corrected chi connectivity index (χ4v) is 3.34. The molecular formula is C11H21N5S. The molecule has 2 rings (SSSR count). The van der Waals surface area contributed by atoms with Crippen LogP contribution in [0.2, 0.25) is 0 Å². The van der Waals surface area contributed by atoms with Gasteiger partial charge in [-0.05, 0) is 56.6 Å². The molecule has 1 fully saturated rings. The van der Waals surface area contributed by atoms with Crippen LogP contribution in [0, 0.1) is 5.92 Å². The molecule has 0 unspecified atom stereocenters. The van der Waals surface area contributed by atoms with Gasteiger partial charge in [-0.2, -0.15) is 0 Å². The van der Waals surface area contributed by atoms with Crippen LogP contribution in [-0.2, 0) is 0 Å². The number of nitrogens with zero attached hydrogens (tertiary/aromatic N) is 5. The molecule has 0 saturated carbocycles. The molecule has 1 aromatic rings. The highest BCUT2D eigenvalue weighted by Gasteiger charge is 2.19. The van der Waals surface area contributed by atoms with E-state index in [1.54, 1.807) is 11.8 Å². The van der Waals surface area contributed by atoms with E-state index < -0.39 is 0 Å². The van der Waals surface area contributed by atoms with Crippen LogP contribution in [0.5, 0.6) is 0 Å². The fourth-order valence-electron chi connectivity index (χ4n) is 2.21. The molecule has 1 aromatic heterocycles. The largest absolute Gasteiger partial charge is 0.306 e. The average molecular weight is 255 g/mol. The number of rotatable bonds is 4. The van der Waals surface area contributed by atoms with Gasteiger partial charge in [0.15, 0.2) is 0 Å². The lowest BCUT2D eigenvalue weighted by Crippen LogP contribution is -2.33. The molecule has 1 saturated heterocycles. The van der Waals surface area contributed by atoms with Crippen molar-refractivity contribution in [3.63, 3.8) is 0 Å². The molecule has 6 heteroatoms. The van der Waals surface area contributed by atoms with Gasteiger partial charge < -0.3 is 4.90 Å². The van der Waals surface area contributed by atoms with Crippen molar-refractivity contribution in [3.05, 3.63) is 0 Å². The molecule has 0 spiro atoms. The highest BCUT2D eigenvalue weighted by Crippen LogP contribution is 2.24. The minimum atomic E-state index is 0.335. The van der Waals surface area contributed by atoms with Crippen molar-refractivity contribution < 1.29 is 0 Å². The Morgan fingerprint density at radius 2 is 2.29 bits per heavy atom. The first-order valence-electron chi connectivity index (χ1n) is 6.26. The summed E-state index contributed by atoms with van der Waals surface area (Å²) in [5.74, 6) is 1.90. The summed E-state index contributed by atoms with van der Waals surface area (Å²) in [5.41, 5.74) is 0. The van der Waals surface area contributed by atoms with Crippen LogP contribution in [-0.4, -0.2) is 51.0 Å². The van der Waals surface area contributed by atoms with Crippen LogP contribution in [0.1, 0.15) is 32.7 Å². The molecule has 0 bridgehead atoms. The smallest absolute Gasteiger partial charge is 0.209 e. The number of likely N-dealkylation sites (tertiary alicyclic amines) is 1. The third kappa shape index (κ3) is 3.42. The summed E-state index contributed by atoms with van der Waals surface area (Å²) in [6, 6.07) is 0.335. The van der Waals surface area contributed by atoms with Crippen LogP contribution < -0.4 is 0 Å². The number of hydrogen-bond acceptors (Lipinski definition) is 5.